The van der Waals surface area contributed by atoms with Gasteiger partial charge in [-0.25, -0.2) is 0 Å². The van der Waals surface area contributed by atoms with Gasteiger partial charge in [-0.3, -0.25) is 0 Å². The number of carbonyl (C=O) groups is 1. The fourth-order valence-electron chi connectivity index (χ4n) is 0.818. The molecular formula is C6H9NaO3. The summed E-state index contributed by atoms with van der Waals surface area (Å²) in [6, 6.07) is 0. The Hall–Kier alpha value is 0.430. The van der Waals surface area contributed by atoms with Crippen molar-refractivity contribution in [2.24, 2.45) is 5.92 Å². The van der Waals surface area contributed by atoms with Gasteiger partial charge in [-0.1, -0.05) is 0 Å². The maximum absolute atomic E-state index is 9.87. The van der Waals surface area contributed by atoms with Gasteiger partial charge in [-0.2, -0.15) is 0 Å². The van der Waals surface area contributed by atoms with Gasteiger partial charge in [0.25, 0.3) is 0 Å². The zero-order valence-corrected chi connectivity index (χ0v) is 8.04. The van der Waals surface area contributed by atoms with E-state index in [2.05, 4.69) is 0 Å². The summed E-state index contributed by atoms with van der Waals surface area (Å²) in [6.45, 7) is 0. The largest absolute Gasteiger partial charge is 1.00 e. The average molecular weight is 152 g/mol. The molecule has 0 aromatic carbocycles. The second-order valence-corrected chi connectivity index (χ2v) is 2.48. The van der Waals surface area contributed by atoms with Gasteiger partial charge in [0.15, 0.2) is 0 Å². The van der Waals surface area contributed by atoms with Gasteiger partial charge in [0.2, 0.25) is 0 Å². The summed E-state index contributed by atoms with van der Waals surface area (Å²) in [5.41, 5.74) is 0. The van der Waals surface area contributed by atoms with E-state index in [4.69, 9.17) is 5.11 Å². The number of rotatable bonds is 3. The van der Waals surface area contributed by atoms with Crippen molar-refractivity contribution in [2.45, 2.75) is 25.4 Å². The second-order valence-electron chi connectivity index (χ2n) is 2.48. The molecule has 0 aliphatic heterocycles. The van der Waals surface area contributed by atoms with Crippen LogP contribution < -0.4 is 34.7 Å². The van der Waals surface area contributed by atoms with E-state index in [1.54, 1.807) is 0 Å². The molecule has 1 aliphatic rings. The van der Waals surface area contributed by atoms with Crippen LogP contribution in [0, 0.1) is 5.92 Å². The van der Waals surface area contributed by atoms with Crippen molar-refractivity contribution in [1.29, 1.82) is 0 Å². The first-order chi connectivity index (χ1) is 4.20. The first-order valence-corrected chi connectivity index (χ1v) is 3.08. The summed E-state index contributed by atoms with van der Waals surface area (Å²) in [4.78, 5) is 9.87. The molecule has 3 nitrogen and oxygen atoms in total. The molecule has 1 N–H and O–H groups in total. The third-order valence-corrected chi connectivity index (χ3v) is 1.54. The van der Waals surface area contributed by atoms with Crippen LogP contribution in [0.3, 0.4) is 0 Å². The normalized spacial score (nSPS) is 19.3. The molecule has 0 heterocycles. The Balaban J connectivity index is 0.000000810. The predicted molar refractivity (Wildman–Crippen MR) is 28.4 cm³/mol. The number of hydrogen-bond acceptors (Lipinski definition) is 3. The van der Waals surface area contributed by atoms with Crippen LogP contribution in [0.2, 0.25) is 0 Å². The topological polar surface area (TPSA) is 60.4 Å². The molecule has 1 saturated carbocycles. The molecule has 1 unspecified atom stereocenters. The summed E-state index contributed by atoms with van der Waals surface area (Å²) in [7, 11) is 0. The van der Waals surface area contributed by atoms with Gasteiger partial charge < -0.3 is 15.0 Å². The van der Waals surface area contributed by atoms with Crippen LogP contribution in [-0.4, -0.2) is 17.2 Å². The van der Waals surface area contributed by atoms with Gasteiger partial charge in [-0.15, -0.1) is 0 Å². The van der Waals surface area contributed by atoms with E-state index in [1.807, 2.05) is 0 Å². The Morgan fingerprint density at radius 1 is 1.70 bits per heavy atom. The summed E-state index contributed by atoms with van der Waals surface area (Å²) in [5.74, 6) is -0.919. The number of carbonyl (C=O) groups excluding carboxylic acids is 1. The molecule has 1 aliphatic carbocycles. The van der Waals surface area contributed by atoms with E-state index in [-0.39, 0.29) is 41.9 Å². The van der Waals surface area contributed by atoms with Gasteiger partial charge in [-0.05, 0) is 18.8 Å². The van der Waals surface area contributed by atoms with Crippen LogP contribution in [0.5, 0.6) is 0 Å². The number of carboxylic acid groups (broad SMARTS) is 1. The number of aliphatic carboxylic acids is 1. The minimum absolute atomic E-state index is 0. The molecular weight excluding hydrogens is 143 g/mol. The van der Waals surface area contributed by atoms with Gasteiger partial charge in [0, 0.05) is 12.4 Å². The molecule has 0 aromatic heterocycles. The maximum Gasteiger partial charge on any atom is 1.00 e. The third kappa shape index (κ3) is 3.56. The van der Waals surface area contributed by atoms with Crippen LogP contribution in [-0.2, 0) is 4.79 Å². The standard InChI is InChI=1S/C6H10O3.Na/c7-5(3-6(8)9)4-1-2-4;/h4-5,7H,1-3H2,(H,8,9);/q;+1/p-1. The summed E-state index contributed by atoms with van der Waals surface area (Å²) in [5, 5.41) is 18.8. The van der Waals surface area contributed by atoms with Crippen molar-refractivity contribution in [3.8, 4) is 0 Å². The van der Waals surface area contributed by atoms with Gasteiger partial charge in [0.1, 0.15) is 0 Å². The van der Waals surface area contributed by atoms with E-state index in [9.17, 15) is 9.90 Å². The molecule has 0 amide bonds. The molecule has 1 rings (SSSR count). The van der Waals surface area contributed by atoms with Crippen molar-refractivity contribution in [3.63, 3.8) is 0 Å². The molecule has 0 bridgehead atoms. The minimum Gasteiger partial charge on any atom is -0.550 e. The van der Waals surface area contributed by atoms with Gasteiger partial charge in [0.05, 0.1) is 6.10 Å². The Morgan fingerprint density at radius 3 is 2.50 bits per heavy atom. The fourth-order valence-corrected chi connectivity index (χ4v) is 0.818. The van der Waals surface area contributed by atoms with E-state index in [0.29, 0.717) is 0 Å². The zero-order chi connectivity index (χ0) is 6.85. The number of carboxylic acids is 1. The smallest absolute Gasteiger partial charge is 0.550 e. The van der Waals surface area contributed by atoms with Crippen molar-refractivity contribution in [2.75, 3.05) is 0 Å². The summed E-state index contributed by atoms with van der Waals surface area (Å²) < 4.78 is 0. The molecule has 0 radical (unpaired) electrons. The Morgan fingerprint density at radius 2 is 2.20 bits per heavy atom. The minimum atomic E-state index is -1.16. The van der Waals surface area contributed by atoms with Crippen molar-refractivity contribution in [3.05, 3.63) is 0 Å². The number of hydrogen-bond donors (Lipinski definition) is 1. The van der Waals surface area contributed by atoms with Crippen LogP contribution in [0.4, 0.5) is 0 Å². The molecule has 10 heavy (non-hydrogen) atoms. The zero-order valence-electron chi connectivity index (χ0n) is 6.04. The number of aliphatic hydroxyl groups is 1. The van der Waals surface area contributed by atoms with E-state index in [1.165, 1.54) is 0 Å². The molecule has 1 fully saturated rings. The van der Waals surface area contributed by atoms with Crippen molar-refractivity contribution >= 4 is 5.97 Å². The second kappa shape index (κ2) is 4.34. The first kappa shape index (κ1) is 10.4. The quantitative estimate of drug-likeness (QED) is 0.418. The molecule has 0 aromatic rings. The average Bonchev–Trinajstić information content (AvgIpc) is 2.40. The first-order valence-electron chi connectivity index (χ1n) is 3.08. The van der Waals surface area contributed by atoms with Crippen molar-refractivity contribution in [1.82, 2.24) is 0 Å². The monoisotopic (exact) mass is 152 g/mol. The Kier molecular flexibility index (Phi) is 4.52. The molecule has 0 saturated heterocycles. The van der Waals surface area contributed by atoms with Crippen LogP contribution >= 0.6 is 0 Å². The summed E-state index contributed by atoms with van der Waals surface area (Å²) in [6.07, 6.45) is 1.07. The molecule has 0 spiro atoms. The fraction of sp³-hybridized carbons (Fsp3) is 0.833. The number of aliphatic hydroxyl groups excluding tert-OH is 1. The molecule has 52 valence electrons. The molecule has 4 heteroatoms. The van der Waals surface area contributed by atoms with Crippen LogP contribution in [0.25, 0.3) is 0 Å². The van der Waals surface area contributed by atoms with Crippen LogP contribution in [0.1, 0.15) is 19.3 Å². The Labute approximate surface area is 81.7 Å². The van der Waals surface area contributed by atoms with E-state index >= 15 is 0 Å². The van der Waals surface area contributed by atoms with Crippen molar-refractivity contribution < 1.29 is 44.6 Å². The molecule has 1 atom stereocenters. The van der Waals surface area contributed by atoms with E-state index in [0.717, 1.165) is 12.8 Å². The van der Waals surface area contributed by atoms with Gasteiger partial charge >= 0.3 is 29.6 Å². The predicted octanol–water partition coefficient (Wildman–Crippen LogP) is -4.10. The Bertz CT molecular complexity index is 122. The van der Waals surface area contributed by atoms with E-state index < -0.39 is 12.1 Å². The SMILES string of the molecule is O=C([O-])CC(O)C1CC1.[Na+]. The van der Waals surface area contributed by atoms with Crippen LogP contribution in [0.15, 0.2) is 0 Å². The summed E-state index contributed by atoms with van der Waals surface area (Å²) >= 11 is 0. The maximum atomic E-state index is 9.87. The third-order valence-electron chi connectivity index (χ3n) is 1.54.